The van der Waals surface area contributed by atoms with Crippen molar-refractivity contribution in [2.45, 2.75) is 44.2 Å². The summed E-state index contributed by atoms with van der Waals surface area (Å²) in [6.45, 7) is 3.03. The largest absolute Gasteiger partial charge is 0.361 e. The number of hydrogen-bond acceptors (Lipinski definition) is 4. The van der Waals surface area contributed by atoms with Crippen molar-refractivity contribution >= 4 is 11.8 Å². The zero-order chi connectivity index (χ0) is 20.3. The van der Waals surface area contributed by atoms with E-state index in [-0.39, 0.29) is 24.4 Å². The molecule has 4 rings (SSSR count). The molecular formula is C23H27N3O3. The fourth-order valence-corrected chi connectivity index (χ4v) is 3.81. The van der Waals surface area contributed by atoms with Gasteiger partial charge in [0.1, 0.15) is 0 Å². The molecule has 2 aliphatic rings. The fraction of sp³-hybridized carbons (Fsp3) is 0.435. The van der Waals surface area contributed by atoms with Crippen molar-refractivity contribution in [2.24, 2.45) is 0 Å². The molecule has 1 N–H and O–H groups in total. The van der Waals surface area contributed by atoms with E-state index in [1.165, 1.54) is 0 Å². The topological polar surface area (TPSA) is 71.5 Å². The summed E-state index contributed by atoms with van der Waals surface area (Å²) in [5.41, 5.74) is 2.02. The van der Waals surface area contributed by atoms with Crippen LogP contribution in [0.2, 0.25) is 0 Å². The summed E-state index contributed by atoms with van der Waals surface area (Å²) in [5, 5.41) is 3.10. The molecule has 152 valence electrons. The van der Waals surface area contributed by atoms with Crippen molar-refractivity contribution in [3.63, 3.8) is 0 Å². The van der Waals surface area contributed by atoms with E-state index in [9.17, 15) is 9.59 Å². The quantitative estimate of drug-likeness (QED) is 0.819. The van der Waals surface area contributed by atoms with Crippen molar-refractivity contribution in [3.05, 3.63) is 54.4 Å². The molecule has 29 heavy (non-hydrogen) atoms. The third-order valence-electron chi connectivity index (χ3n) is 5.58. The van der Waals surface area contributed by atoms with Crippen LogP contribution in [0, 0.1) is 0 Å². The van der Waals surface area contributed by atoms with E-state index < -0.39 is 5.60 Å². The molecule has 1 aromatic carbocycles. The molecule has 0 radical (unpaired) electrons. The number of nitrogens with one attached hydrogen (secondary N) is 1. The highest BCUT2D eigenvalue weighted by Crippen LogP contribution is 2.29. The Kier molecular flexibility index (Phi) is 5.62. The molecule has 1 aliphatic carbocycles. The molecule has 6 heteroatoms. The van der Waals surface area contributed by atoms with Crippen LogP contribution in [0.25, 0.3) is 11.1 Å². The first-order valence-electron chi connectivity index (χ1n) is 10.3. The van der Waals surface area contributed by atoms with Crippen molar-refractivity contribution in [1.82, 2.24) is 15.2 Å². The number of benzene rings is 1. The third kappa shape index (κ3) is 4.48. The summed E-state index contributed by atoms with van der Waals surface area (Å²) in [7, 11) is 0. The minimum Gasteiger partial charge on any atom is -0.361 e. The van der Waals surface area contributed by atoms with Gasteiger partial charge in [0, 0.05) is 37.8 Å². The smallest absolute Gasteiger partial charge is 0.254 e. The van der Waals surface area contributed by atoms with Crippen LogP contribution in [0.1, 0.15) is 31.7 Å². The zero-order valence-electron chi connectivity index (χ0n) is 16.8. The Morgan fingerprint density at radius 2 is 2.07 bits per heavy atom. The van der Waals surface area contributed by atoms with Crippen LogP contribution in [-0.4, -0.2) is 53.0 Å². The summed E-state index contributed by atoms with van der Waals surface area (Å²) in [6.07, 6.45) is 6.45. The molecule has 1 aliphatic heterocycles. The van der Waals surface area contributed by atoms with Gasteiger partial charge in [-0.2, -0.15) is 0 Å². The Labute approximate surface area is 171 Å². The minimum atomic E-state index is -1.06. The van der Waals surface area contributed by atoms with Crippen LogP contribution in [0.15, 0.2) is 48.8 Å². The normalized spacial score (nSPS) is 21.6. The molecule has 1 aromatic heterocycles. The first-order valence-corrected chi connectivity index (χ1v) is 10.3. The predicted octanol–water partition coefficient (Wildman–Crippen LogP) is 2.58. The zero-order valence-corrected chi connectivity index (χ0v) is 16.8. The van der Waals surface area contributed by atoms with Crippen LogP contribution < -0.4 is 5.32 Å². The van der Waals surface area contributed by atoms with Gasteiger partial charge in [-0.15, -0.1) is 0 Å². The van der Waals surface area contributed by atoms with Gasteiger partial charge in [0.2, 0.25) is 5.91 Å². The Balaban J connectivity index is 1.61. The number of amides is 2. The van der Waals surface area contributed by atoms with Crippen molar-refractivity contribution < 1.29 is 14.3 Å². The maximum atomic E-state index is 13.2. The standard InChI is InChI=1S/C23H27N3O3/c1-2-21(27)26-11-12-29-23(16-26,22(28)25-20-8-9-20)14-17-5-3-6-18(13-17)19-7-4-10-24-15-19/h3-7,10,13,15,20H,2,8-9,11-12,14,16H2,1H3,(H,25,28)/t23-/m0/s1. The van der Waals surface area contributed by atoms with Gasteiger partial charge in [-0.05, 0) is 35.6 Å². The molecule has 2 heterocycles. The Morgan fingerprint density at radius 1 is 1.24 bits per heavy atom. The fourth-order valence-electron chi connectivity index (χ4n) is 3.81. The maximum Gasteiger partial charge on any atom is 0.254 e. The van der Waals surface area contributed by atoms with Crippen LogP contribution in [-0.2, 0) is 20.7 Å². The average molecular weight is 393 g/mol. The van der Waals surface area contributed by atoms with Crippen LogP contribution in [0.3, 0.4) is 0 Å². The van der Waals surface area contributed by atoms with E-state index in [1.54, 1.807) is 11.1 Å². The number of pyridine rings is 1. The number of aromatic nitrogens is 1. The number of rotatable bonds is 6. The monoisotopic (exact) mass is 393 g/mol. The van der Waals surface area contributed by atoms with Gasteiger partial charge in [0.25, 0.3) is 5.91 Å². The number of ether oxygens (including phenoxy) is 1. The van der Waals surface area contributed by atoms with Crippen LogP contribution in [0.4, 0.5) is 0 Å². The summed E-state index contributed by atoms with van der Waals surface area (Å²) >= 11 is 0. The number of carbonyl (C=O) groups is 2. The Bertz CT molecular complexity index is 882. The third-order valence-corrected chi connectivity index (χ3v) is 5.58. The van der Waals surface area contributed by atoms with Crippen molar-refractivity contribution in [1.29, 1.82) is 0 Å². The predicted molar refractivity (Wildman–Crippen MR) is 110 cm³/mol. The molecular weight excluding hydrogens is 366 g/mol. The number of hydrogen-bond donors (Lipinski definition) is 1. The number of morpholine rings is 1. The van der Waals surface area contributed by atoms with Gasteiger partial charge < -0.3 is 15.0 Å². The SMILES string of the molecule is CCC(=O)N1CCO[C@](Cc2cccc(-c3cccnc3)c2)(C(=O)NC2CC2)C1. The molecule has 2 aromatic rings. The summed E-state index contributed by atoms with van der Waals surface area (Å²) in [5.74, 6) is -0.0543. The van der Waals surface area contributed by atoms with Crippen LogP contribution in [0.5, 0.6) is 0 Å². The molecule has 0 unspecified atom stereocenters. The lowest BCUT2D eigenvalue weighted by Gasteiger charge is -2.41. The summed E-state index contributed by atoms with van der Waals surface area (Å²) in [4.78, 5) is 31.5. The molecule has 1 saturated heterocycles. The van der Waals surface area contributed by atoms with Crippen molar-refractivity contribution in [2.75, 3.05) is 19.7 Å². The Morgan fingerprint density at radius 3 is 2.79 bits per heavy atom. The Hall–Kier alpha value is -2.73. The van der Waals surface area contributed by atoms with Crippen molar-refractivity contribution in [3.8, 4) is 11.1 Å². The van der Waals surface area contributed by atoms with Gasteiger partial charge in [0.15, 0.2) is 5.60 Å². The second-order valence-electron chi connectivity index (χ2n) is 7.88. The van der Waals surface area contributed by atoms with Gasteiger partial charge in [-0.1, -0.05) is 37.3 Å². The second-order valence-corrected chi connectivity index (χ2v) is 7.88. The molecule has 1 atom stereocenters. The molecule has 6 nitrogen and oxygen atoms in total. The number of carbonyl (C=O) groups excluding carboxylic acids is 2. The molecule has 0 bridgehead atoms. The highest BCUT2D eigenvalue weighted by molar-refractivity contribution is 5.88. The molecule has 2 amide bonds. The van der Waals surface area contributed by atoms with E-state index in [4.69, 9.17) is 4.74 Å². The molecule has 0 spiro atoms. The van der Waals surface area contributed by atoms with E-state index in [1.807, 2.05) is 43.5 Å². The maximum absolute atomic E-state index is 13.2. The highest BCUT2D eigenvalue weighted by Gasteiger charge is 2.46. The highest BCUT2D eigenvalue weighted by atomic mass is 16.5. The molecule has 1 saturated carbocycles. The first kappa shape index (κ1) is 19.6. The lowest BCUT2D eigenvalue weighted by Crippen LogP contribution is -2.62. The summed E-state index contributed by atoms with van der Waals surface area (Å²) < 4.78 is 6.11. The number of nitrogens with zero attached hydrogens (tertiary/aromatic N) is 2. The van der Waals surface area contributed by atoms with Crippen LogP contribution >= 0.6 is 0 Å². The van der Waals surface area contributed by atoms with Gasteiger partial charge in [-0.3, -0.25) is 14.6 Å². The molecule has 2 fully saturated rings. The minimum absolute atomic E-state index is 0.0565. The lowest BCUT2D eigenvalue weighted by atomic mass is 9.89. The van der Waals surface area contributed by atoms with E-state index in [0.717, 1.165) is 29.5 Å². The first-order chi connectivity index (χ1) is 14.1. The lowest BCUT2D eigenvalue weighted by molar-refractivity contribution is -0.166. The van der Waals surface area contributed by atoms with Gasteiger partial charge in [-0.25, -0.2) is 0 Å². The van der Waals surface area contributed by atoms with Gasteiger partial charge >= 0.3 is 0 Å². The van der Waals surface area contributed by atoms with E-state index in [2.05, 4.69) is 16.4 Å². The van der Waals surface area contributed by atoms with E-state index in [0.29, 0.717) is 26.0 Å². The second kappa shape index (κ2) is 8.33. The average Bonchev–Trinajstić information content (AvgIpc) is 3.58. The summed E-state index contributed by atoms with van der Waals surface area (Å²) in [6, 6.07) is 12.3. The van der Waals surface area contributed by atoms with Gasteiger partial charge in [0.05, 0.1) is 13.2 Å². The van der Waals surface area contributed by atoms with E-state index >= 15 is 0 Å².